The van der Waals surface area contributed by atoms with E-state index >= 15 is 0 Å². The zero-order valence-corrected chi connectivity index (χ0v) is 17.7. The van der Waals surface area contributed by atoms with Gasteiger partial charge < -0.3 is 9.30 Å². The van der Waals surface area contributed by atoms with Crippen LogP contribution in [0.5, 0.6) is 5.75 Å². The summed E-state index contributed by atoms with van der Waals surface area (Å²) in [6, 6.07) is 8.93. The molecule has 0 atom stereocenters. The van der Waals surface area contributed by atoms with Crippen molar-refractivity contribution < 1.29 is 9.13 Å². The Bertz CT molecular complexity index is 1440. The minimum absolute atomic E-state index is 0.203. The third-order valence-electron chi connectivity index (χ3n) is 5.43. The van der Waals surface area contributed by atoms with Gasteiger partial charge in [-0.15, -0.1) is 5.10 Å². The molecule has 3 heterocycles. The fourth-order valence-corrected chi connectivity index (χ4v) is 3.89. The molecule has 0 unspecified atom stereocenters. The van der Waals surface area contributed by atoms with Gasteiger partial charge in [0.05, 0.1) is 25.2 Å². The molecule has 7 nitrogen and oxygen atoms in total. The van der Waals surface area contributed by atoms with Gasteiger partial charge in [0.1, 0.15) is 17.1 Å². The molecular formula is C23H21FN6O. The Morgan fingerprint density at radius 2 is 1.90 bits per heavy atom. The first-order chi connectivity index (χ1) is 15.0. The molecule has 0 aliphatic rings. The molecule has 0 bridgehead atoms. The van der Waals surface area contributed by atoms with Crippen LogP contribution in [0.4, 0.5) is 4.39 Å². The van der Waals surface area contributed by atoms with Crippen molar-refractivity contribution in [3.05, 3.63) is 54.9 Å². The van der Waals surface area contributed by atoms with Crippen molar-refractivity contribution in [1.29, 1.82) is 0 Å². The first-order valence-corrected chi connectivity index (χ1v) is 9.96. The molecule has 0 saturated heterocycles. The highest BCUT2D eigenvalue weighted by atomic mass is 19.1. The van der Waals surface area contributed by atoms with Crippen LogP contribution in [0, 0.1) is 5.82 Å². The summed E-state index contributed by atoms with van der Waals surface area (Å²) in [6.07, 6.45) is 5.32. The van der Waals surface area contributed by atoms with Gasteiger partial charge in [-0.3, -0.25) is 4.68 Å². The molecule has 0 amide bonds. The molecule has 0 aliphatic heterocycles. The molecule has 0 aliphatic carbocycles. The van der Waals surface area contributed by atoms with Gasteiger partial charge in [-0.2, -0.15) is 10.2 Å². The third-order valence-corrected chi connectivity index (χ3v) is 5.43. The lowest BCUT2D eigenvalue weighted by Gasteiger charge is -2.12. The maximum atomic E-state index is 15.0. The lowest BCUT2D eigenvalue weighted by atomic mass is 9.97. The van der Waals surface area contributed by atoms with Gasteiger partial charge in [-0.1, -0.05) is 6.07 Å². The summed E-state index contributed by atoms with van der Waals surface area (Å²) in [4.78, 5) is 4.55. The summed E-state index contributed by atoms with van der Waals surface area (Å²) in [5.74, 6) is 0.223. The van der Waals surface area contributed by atoms with E-state index in [0.29, 0.717) is 22.5 Å². The second kappa shape index (κ2) is 7.16. The average Bonchev–Trinajstić information content (AvgIpc) is 3.35. The Hall–Kier alpha value is -3.81. The fourth-order valence-electron chi connectivity index (χ4n) is 3.89. The zero-order chi connectivity index (χ0) is 21.7. The van der Waals surface area contributed by atoms with E-state index in [1.54, 1.807) is 36.4 Å². The van der Waals surface area contributed by atoms with Gasteiger partial charge >= 0.3 is 0 Å². The number of fused-ring (bicyclic) bond motifs is 2. The summed E-state index contributed by atoms with van der Waals surface area (Å²) < 4.78 is 24.3. The molecule has 156 valence electrons. The van der Waals surface area contributed by atoms with Gasteiger partial charge in [-0.25, -0.2) is 9.37 Å². The minimum atomic E-state index is -0.337. The SMILES string of the molecule is COc1cc2nn(C)cc2cc1-c1cc(-c2cnnc3c2ncn3C(C)C)ccc1F. The fraction of sp³-hybridized carbons (Fsp3) is 0.217. The number of imidazole rings is 1. The summed E-state index contributed by atoms with van der Waals surface area (Å²) >= 11 is 0. The van der Waals surface area contributed by atoms with Crippen LogP contribution in [0.1, 0.15) is 19.9 Å². The van der Waals surface area contributed by atoms with Crippen molar-refractivity contribution in [2.24, 2.45) is 7.05 Å². The second-order valence-corrected chi connectivity index (χ2v) is 7.78. The molecule has 0 radical (unpaired) electrons. The Morgan fingerprint density at radius 3 is 2.68 bits per heavy atom. The molecule has 3 aromatic heterocycles. The maximum Gasteiger partial charge on any atom is 0.183 e. The number of nitrogens with zero attached hydrogens (tertiary/aromatic N) is 6. The number of rotatable bonds is 4. The van der Waals surface area contributed by atoms with E-state index in [4.69, 9.17) is 4.74 Å². The Kier molecular flexibility index (Phi) is 4.43. The van der Waals surface area contributed by atoms with Crippen LogP contribution < -0.4 is 4.74 Å². The van der Waals surface area contributed by atoms with E-state index < -0.39 is 0 Å². The van der Waals surface area contributed by atoms with Crippen LogP contribution in [0.2, 0.25) is 0 Å². The molecule has 8 heteroatoms. The van der Waals surface area contributed by atoms with Crippen LogP contribution in [0.3, 0.4) is 0 Å². The number of aromatic nitrogens is 6. The Morgan fingerprint density at radius 1 is 1.06 bits per heavy atom. The van der Waals surface area contributed by atoms with E-state index in [0.717, 1.165) is 27.5 Å². The van der Waals surface area contributed by atoms with Gasteiger partial charge in [0, 0.05) is 47.4 Å². The summed E-state index contributed by atoms with van der Waals surface area (Å²) in [6.45, 7) is 4.12. The number of methoxy groups -OCH3 is 1. The minimum Gasteiger partial charge on any atom is -0.496 e. The smallest absolute Gasteiger partial charge is 0.183 e. The number of halogens is 1. The average molecular weight is 416 g/mol. The lowest BCUT2D eigenvalue weighted by molar-refractivity contribution is 0.416. The van der Waals surface area contributed by atoms with E-state index in [-0.39, 0.29) is 11.9 Å². The monoisotopic (exact) mass is 416 g/mol. The van der Waals surface area contributed by atoms with E-state index in [9.17, 15) is 4.39 Å². The van der Waals surface area contributed by atoms with Crippen molar-refractivity contribution in [3.8, 4) is 28.0 Å². The standard InChI is InChI=1S/C23H21FN6O/c1-13(2)30-12-25-22-18(10-26-27-23(22)30)14-5-6-19(24)16(7-14)17-8-15-11-29(3)28-20(15)9-21(17)31-4/h5-13H,1-4H3. The molecule has 2 aromatic carbocycles. The van der Waals surface area contributed by atoms with Crippen LogP contribution >= 0.6 is 0 Å². The number of ether oxygens (including phenoxy) is 1. The van der Waals surface area contributed by atoms with Crippen LogP contribution in [-0.2, 0) is 7.05 Å². The summed E-state index contributed by atoms with van der Waals surface area (Å²) in [5, 5.41) is 13.7. The number of benzene rings is 2. The van der Waals surface area contributed by atoms with Crippen LogP contribution in [0.25, 0.3) is 44.3 Å². The van der Waals surface area contributed by atoms with Crippen LogP contribution in [0.15, 0.2) is 49.1 Å². The predicted molar refractivity (Wildman–Crippen MR) is 117 cm³/mol. The van der Waals surface area contributed by atoms with E-state index in [1.807, 2.05) is 29.9 Å². The molecule has 0 N–H and O–H groups in total. The number of hydrogen-bond acceptors (Lipinski definition) is 5. The Balaban J connectivity index is 1.71. The number of aryl methyl sites for hydroxylation is 1. The van der Waals surface area contributed by atoms with E-state index in [2.05, 4.69) is 34.1 Å². The molecule has 5 rings (SSSR count). The molecule has 0 saturated carbocycles. The quantitative estimate of drug-likeness (QED) is 0.422. The van der Waals surface area contributed by atoms with Crippen LogP contribution in [-0.4, -0.2) is 36.6 Å². The molecule has 0 spiro atoms. The highest BCUT2D eigenvalue weighted by Gasteiger charge is 2.18. The number of hydrogen-bond donors (Lipinski definition) is 0. The normalized spacial score (nSPS) is 11.7. The molecule has 0 fully saturated rings. The van der Waals surface area contributed by atoms with E-state index in [1.165, 1.54) is 6.07 Å². The van der Waals surface area contributed by atoms with Crippen molar-refractivity contribution >= 4 is 22.1 Å². The molecule has 31 heavy (non-hydrogen) atoms. The first kappa shape index (κ1) is 19.2. The Labute approximate surface area is 178 Å². The third kappa shape index (κ3) is 3.11. The topological polar surface area (TPSA) is 70.7 Å². The largest absolute Gasteiger partial charge is 0.496 e. The lowest BCUT2D eigenvalue weighted by Crippen LogP contribution is -2.00. The second-order valence-electron chi connectivity index (χ2n) is 7.78. The van der Waals surface area contributed by atoms with Crippen molar-refractivity contribution in [2.45, 2.75) is 19.9 Å². The molecule has 5 aromatic rings. The first-order valence-electron chi connectivity index (χ1n) is 9.96. The maximum absolute atomic E-state index is 15.0. The highest BCUT2D eigenvalue weighted by molar-refractivity contribution is 5.92. The van der Waals surface area contributed by atoms with Gasteiger partial charge in [0.25, 0.3) is 0 Å². The van der Waals surface area contributed by atoms with Gasteiger partial charge in [-0.05, 0) is 37.6 Å². The van der Waals surface area contributed by atoms with Crippen molar-refractivity contribution in [3.63, 3.8) is 0 Å². The van der Waals surface area contributed by atoms with Crippen molar-refractivity contribution in [2.75, 3.05) is 7.11 Å². The summed E-state index contributed by atoms with van der Waals surface area (Å²) in [5.41, 5.74) is 4.93. The summed E-state index contributed by atoms with van der Waals surface area (Å²) in [7, 11) is 3.43. The highest BCUT2D eigenvalue weighted by Crippen LogP contribution is 2.38. The van der Waals surface area contributed by atoms with Crippen molar-refractivity contribution in [1.82, 2.24) is 29.5 Å². The molecular weight excluding hydrogens is 395 g/mol. The van der Waals surface area contributed by atoms with Gasteiger partial charge in [0.2, 0.25) is 0 Å². The predicted octanol–water partition coefficient (Wildman–Crippen LogP) is 4.78. The zero-order valence-electron chi connectivity index (χ0n) is 17.7. The van der Waals surface area contributed by atoms with Gasteiger partial charge in [0.15, 0.2) is 5.65 Å².